The van der Waals surface area contributed by atoms with E-state index in [1.807, 2.05) is 0 Å². The maximum atomic E-state index is 2.75. The Balaban J connectivity index is 1.98. The molecule has 0 heterocycles. The summed E-state index contributed by atoms with van der Waals surface area (Å²) in [5.74, 6) is 0. The minimum atomic E-state index is -3.15. The summed E-state index contributed by atoms with van der Waals surface area (Å²) in [5.41, 5.74) is 5.68. The van der Waals surface area contributed by atoms with Crippen LogP contribution >= 0.6 is 0 Å². The second-order valence-electron chi connectivity index (χ2n) is 8.54. The van der Waals surface area contributed by atoms with Crippen molar-refractivity contribution in [3.05, 3.63) is 82.9 Å². The second-order valence-corrected chi connectivity index (χ2v) is 43.1. The van der Waals surface area contributed by atoms with E-state index in [4.69, 9.17) is 0 Å². The molecule has 2 heteroatoms. The molecule has 2 aromatic rings. The SMILES string of the molecule is C[Si](C)=[Zr]([CH3])([CH3])([CH]1C=Cc2ccccc21)[CH]1C=Cc2ccccc21. The van der Waals surface area contributed by atoms with Crippen LogP contribution in [0, 0.1) is 0 Å². The van der Waals surface area contributed by atoms with E-state index in [9.17, 15) is 0 Å². The average Bonchev–Trinajstić information content (AvgIpc) is 3.20. The quantitative estimate of drug-likeness (QED) is 0.493. The molecule has 0 radical (unpaired) electrons. The van der Waals surface area contributed by atoms with Crippen molar-refractivity contribution in [2.75, 3.05) is 0 Å². The fraction of sp³-hybridized carbons (Fsp3) is 0.273. The molecule has 2 aliphatic carbocycles. The van der Waals surface area contributed by atoms with Crippen molar-refractivity contribution in [2.45, 2.75) is 29.6 Å². The molecule has 0 saturated carbocycles. The Kier molecular flexibility index (Phi) is 3.79. The van der Waals surface area contributed by atoms with Crippen molar-refractivity contribution in [3.8, 4) is 0 Å². The molecule has 122 valence electrons. The van der Waals surface area contributed by atoms with Gasteiger partial charge in [0.1, 0.15) is 0 Å². The van der Waals surface area contributed by atoms with Crippen LogP contribution in [-0.2, 0) is 17.4 Å². The summed E-state index contributed by atoms with van der Waals surface area (Å²) in [6, 6.07) is 18.2. The van der Waals surface area contributed by atoms with Crippen LogP contribution in [0.4, 0.5) is 0 Å². The number of allylic oxidation sites excluding steroid dienone is 2. The van der Waals surface area contributed by atoms with Crippen LogP contribution in [0.2, 0.25) is 22.4 Å². The molecule has 0 aromatic heterocycles. The van der Waals surface area contributed by atoms with Gasteiger partial charge >= 0.3 is 148 Å². The van der Waals surface area contributed by atoms with Crippen LogP contribution in [0.1, 0.15) is 29.5 Å². The van der Waals surface area contributed by atoms with Crippen LogP contribution < -0.4 is 0 Å². The Hall–Kier alpha value is -0.980. The first-order valence-electron chi connectivity index (χ1n) is 8.97. The molecule has 0 bridgehead atoms. The van der Waals surface area contributed by atoms with Crippen LogP contribution in [0.25, 0.3) is 12.2 Å². The van der Waals surface area contributed by atoms with Crippen LogP contribution in [0.15, 0.2) is 60.7 Å². The zero-order chi connectivity index (χ0) is 17.0. The van der Waals surface area contributed by atoms with Gasteiger partial charge in [-0.25, -0.2) is 0 Å². The molecule has 2 aliphatic rings. The number of benzene rings is 2. The zero-order valence-electron chi connectivity index (χ0n) is 15.1. The van der Waals surface area contributed by atoms with Crippen molar-refractivity contribution in [2.24, 2.45) is 0 Å². The number of hydrogen-bond donors (Lipinski definition) is 0. The maximum absolute atomic E-state index is 3.15. The van der Waals surface area contributed by atoms with Crippen molar-refractivity contribution >= 4 is 17.6 Å². The summed E-state index contributed by atoms with van der Waals surface area (Å²) in [4.78, 5) is 0. The number of fused-ring (bicyclic) bond motifs is 2. The van der Waals surface area contributed by atoms with Gasteiger partial charge in [-0.3, -0.25) is 0 Å². The summed E-state index contributed by atoms with van der Waals surface area (Å²) >= 11 is -3.15. The first-order chi connectivity index (χ1) is 11.4. The van der Waals surface area contributed by atoms with E-state index in [2.05, 4.69) is 95.2 Å². The normalized spacial score (nSPS) is 21.7. The molecule has 0 amide bonds. The Morgan fingerprint density at radius 2 is 1.12 bits per heavy atom. The van der Waals surface area contributed by atoms with Gasteiger partial charge in [-0.1, -0.05) is 0 Å². The summed E-state index contributed by atoms with van der Waals surface area (Å²) < 4.78 is 6.85. The molecule has 24 heavy (non-hydrogen) atoms. The molecule has 4 rings (SSSR count). The van der Waals surface area contributed by atoms with Gasteiger partial charge in [0, 0.05) is 0 Å². The molecule has 2 atom stereocenters. The first kappa shape index (κ1) is 16.5. The monoisotopic (exact) mass is 408 g/mol. The Labute approximate surface area is 147 Å². The third-order valence-electron chi connectivity index (χ3n) is 7.09. The Morgan fingerprint density at radius 1 is 0.708 bits per heavy atom. The molecule has 0 N–H and O–H groups in total. The van der Waals surface area contributed by atoms with E-state index in [1.54, 1.807) is 11.1 Å². The van der Waals surface area contributed by atoms with Gasteiger partial charge in [0.2, 0.25) is 0 Å². The molecule has 0 spiro atoms. The fourth-order valence-corrected chi connectivity index (χ4v) is 28.6. The van der Waals surface area contributed by atoms with Gasteiger partial charge in [0.05, 0.1) is 0 Å². The van der Waals surface area contributed by atoms with Crippen molar-refractivity contribution < 1.29 is 17.4 Å². The summed E-state index contributed by atoms with van der Waals surface area (Å²) in [6.07, 6.45) is 9.89. The van der Waals surface area contributed by atoms with E-state index in [-0.39, 0.29) is 0 Å². The molecular weight excluding hydrogens is 384 g/mol. The Morgan fingerprint density at radius 3 is 1.54 bits per heavy atom. The van der Waals surface area contributed by atoms with E-state index in [0.29, 0.717) is 7.25 Å². The standard InChI is InChI=1S/2C9H7.C2H6Si.2CH3.Zr/c2*1-2-5-9-7-3-6-8(9)4-1;1-3-2;;;/h2*1-7H;1-2H3;2*1H3;. The van der Waals surface area contributed by atoms with Crippen LogP contribution in [0.5, 0.6) is 0 Å². The van der Waals surface area contributed by atoms with Crippen molar-refractivity contribution in [3.63, 3.8) is 0 Å². The van der Waals surface area contributed by atoms with Gasteiger partial charge in [0.15, 0.2) is 0 Å². The summed E-state index contributed by atoms with van der Waals surface area (Å²) in [7, 11) is 0. The first-order valence-corrected chi connectivity index (χ1v) is 22.9. The molecule has 0 saturated heterocycles. The third-order valence-corrected chi connectivity index (χ3v) is 49.1. The third kappa shape index (κ3) is 2.12. The molecule has 0 fully saturated rings. The molecule has 0 nitrogen and oxygen atoms in total. The van der Waals surface area contributed by atoms with Crippen molar-refractivity contribution in [1.82, 2.24) is 0 Å². The average molecular weight is 410 g/mol. The van der Waals surface area contributed by atoms with E-state index >= 15 is 0 Å². The van der Waals surface area contributed by atoms with Crippen LogP contribution in [-0.4, -0.2) is 5.43 Å². The predicted octanol–water partition coefficient (Wildman–Crippen LogP) is 6.56. The number of hydrogen-bond acceptors (Lipinski definition) is 0. The predicted molar refractivity (Wildman–Crippen MR) is 106 cm³/mol. The topological polar surface area (TPSA) is 0 Å². The number of rotatable bonds is 2. The summed E-state index contributed by atoms with van der Waals surface area (Å²) in [6.45, 7) is 5.17. The van der Waals surface area contributed by atoms with Crippen LogP contribution in [0.3, 0.4) is 0 Å². The Bertz CT molecular complexity index is 884. The summed E-state index contributed by atoms with van der Waals surface area (Å²) in [5, 5.41) is 0. The van der Waals surface area contributed by atoms with Gasteiger partial charge in [0.25, 0.3) is 0 Å². The molecule has 2 aromatic carbocycles. The fourth-order valence-electron chi connectivity index (χ4n) is 4.86. The van der Waals surface area contributed by atoms with E-state index in [0.717, 1.165) is 0 Å². The van der Waals surface area contributed by atoms with Crippen molar-refractivity contribution in [1.29, 1.82) is 0 Å². The zero-order valence-corrected chi connectivity index (χ0v) is 18.5. The van der Waals surface area contributed by atoms with E-state index < -0.39 is 22.8 Å². The minimum absolute atomic E-state index is 0.412. The second kappa shape index (κ2) is 5.51. The van der Waals surface area contributed by atoms with Gasteiger partial charge in [-0.05, 0) is 0 Å². The van der Waals surface area contributed by atoms with Gasteiger partial charge in [-0.15, -0.1) is 0 Å². The molecule has 0 aliphatic heterocycles. The van der Waals surface area contributed by atoms with E-state index in [1.165, 1.54) is 11.1 Å². The van der Waals surface area contributed by atoms with Gasteiger partial charge in [-0.2, -0.15) is 0 Å². The molecular formula is C22H26SiZr. The van der Waals surface area contributed by atoms with Gasteiger partial charge < -0.3 is 0 Å². The molecule has 2 unspecified atom stereocenters.